The molecule has 0 atom stereocenters. The second-order valence-corrected chi connectivity index (χ2v) is 6.38. The van der Waals surface area contributed by atoms with Crippen LogP contribution in [0.4, 0.5) is 11.8 Å². The first kappa shape index (κ1) is 16.2. The Hall–Kier alpha value is -3.23. The molecule has 9 heteroatoms. The van der Waals surface area contributed by atoms with Gasteiger partial charge in [-0.1, -0.05) is 0 Å². The maximum Gasteiger partial charge on any atom is 0.307 e. The van der Waals surface area contributed by atoms with E-state index in [2.05, 4.69) is 30.7 Å². The zero-order valence-electron chi connectivity index (χ0n) is 14.6. The van der Waals surface area contributed by atoms with Crippen LogP contribution in [0.3, 0.4) is 0 Å². The van der Waals surface area contributed by atoms with E-state index in [1.807, 2.05) is 20.0 Å². The van der Waals surface area contributed by atoms with Crippen molar-refractivity contribution in [2.24, 2.45) is 13.0 Å². The van der Waals surface area contributed by atoms with Gasteiger partial charge in [-0.25, -0.2) is 15.0 Å². The van der Waals surface area contributed by atoms with Crippen molar-refractivity contribution in [3.8, 4) is 11.4 Å². The number of aromatic nitrogens is 5. The Labute approximate surface area is 149 Å². The minimum atomic E-state index is -0.303. The van der Waals surface area contributed by atoms with Gasteiger partial charge < -0.3 is 15.1 Å². The first-order valence-electron chi connectivity index (χ1n) is 8.43. The predicted molar refractivity (Wildman–Crippen MR) is 93.8 cm³/mol. The summed E-state index contributed by atoms with van der Waals surface area (Å²) in [7, 11) is 1.82. The van der Waals surface area contributed by atoms with Gasteiger partial charge in [-0.2, -0.15) is 5.10 Å². The number of hydrogen-bond donors (Lipinski definition) is 2. The van der Waals surface area contributed by atoms with Crippen LogP contribution in [0.5, 0.6) is 0 Å². The SMILES string of the molecule is Cc1cnc(Nc2ccnn2C)nc1-c1coc(C(=O)NCC2CC2)n1. The van der Waals surface area contributed by atoms with Gasteiger partial charge in [0.15, 0.2) is 0 Å². The lowest BCUT2D eigenvalue weighted by atomic mass is 10.2. The second kappa shape index (κ2) is 6.58. The molecule has 1 amide bonds. The van der Waals surface area contributed by atoms with Gasteiger partial charge >= 0.3 is 5.91 Å². The number of carbonyl (C=O) groups excluding carboxylic acids is 1. The highest BCUT2D eigenvalue weighted by Gasteiger charge is 2.23. The zero-order chi connectivity index (χ0) is 18.1. The average Bonchev–Trinajstić information content (AvgIpc) is 3.18. The van der Waals surface area contributed by atoms with Crippen molar-refractivity contribution < 1.29 is 9.21 Å². The summed E-state index contributed by atoms with van der Waals surface area (Å²) < 4.78 is 7.02. The summed E-state index contributed by atoms with van der Waals surface area (Å²) in [4.78, 5) is 25.2. The number of nitrogens with one attached hydrogen (secondary N) is 2. The Kier molecular flexibility index (Phi) is 4.11. The molecule has 4 rings (SSSR count). The van der Waals surface area contributed by atoms with Crippen LogP contribution in [0.25, 0.3) is 11.4 Å². The van der Waals surface area contributed by atoms with Crippen LogP contribution in [0.1, 0.15) is 29.1 Å². The van der Waals surface area contributed by atoms with Gasteiger partial charge in [0.25, 0.3) is 5.89 Å². The monoisotopic (exact) mass is 353 g/mol. The fraction of sp³-hybridized carbons (Fsp3) is 0.353. The molecule has 0 spiro atoms. The van der Waals surface area contributed by atoms with E-state index < -0.39 is 0 Å². The summed E-state index contributed by atoms with van der Waals surface area (Å²) >= 11 is 0. The Balaban J connectivity index is 1.54. The topological polar surface area (TPSA) is 111 Å². The third-order valence-corrected chi connectivity index (χ3v) is 4.22. The van der Waals surface area contributed by atoms with Gasteiger partial charge in [0, 0.05) is 25.9 Å². The predicted octanol–water partition coefficient (Wildman–Crippen LogP) is 2.06. The number of nitrogens with zero attached hydrogens (tertiary/aromatic N) is 5. The number of aryl methyl sites for hydroxylation is 2. The molecule has 0 bridgehead atoms. The molecule has 2 N–H and O–H groups in total. The fourth-order valence-electron chi connectivity index (χ4n) is 2.49. The second-order valence-electron chi connectivity index (χ2n) is 6.38. The van der Waals surface area contributed by atoms with E-state index in [1.165, 1.54) is 19.1 Å². The highest BCUT2D eigenvalue weighted by atomic mass is 16.4. The van der Waals surface area contributed by atoms with Crippen molar-refractivity contribution in [3.63, 3.8) is 0 Å². The van der Waals surface area contributed by atoms with Gasteiger partial charge in [-0.05, 0) is 31.2 Å². The molecule has 3 heterocycles. The summed E-state index contributed by atoms with van der Waals surface area (Å²) in [6, 6.07) is 1.82. The maximum atomic E-state index is 12.1. The van der Waals surface area contributed by atoms with Gasteiger partial charge in [0.05, 0.1) is 6.20 Å². The molecule has 9 nitrogen and oxygen atoms in total. The van der Waals surface area contributed by atoms with Crippen molar-refractivity contribution >= 4 is 17.7 Å². The lowest BCUT2D eigenvalue weighted by Gasteiger charge is -2.07. The summed E-state index contributed by atoms with van der Waals surface area (Å²) in [5.41, 5.74) is 1.93. The first-order valence-corrected chi connectivity index (χ1v) is 8.43. The minimum absolute atomic E-state index is 0.0415. The number of rotatable bonds is 6. The molecule has 0 radical (unpaired) electrons. The van der Waals surface area contributed by atoms with E-state index in [4.69, 9.17) is 4.42 Å². The molecule has 134 valence electrons. The third-order valence-electron chi connectivity index (χ3n) is 4.22. The molecule has 26 heavy (non-hydrogen) atoms. The van der Waals surface area contributed by atoms with Gasteiger partial charge in [-0.3, -0.25) is 9.48 Å². The van der Waals surface area contributed by atoms with Crippen molar-refractivity contribution in [1.82, 2.24) is 30.0 Å². The van der Waals surface area contributed by atoms with Crippen molar-refractivity contribution in [1.29, 1.82) is 0 Å². The summed E-state index contributed by atoms with van der Waals surface area (Å²) in [6.45, 7) is 2.55. The maximum absolute atomic E-state index is 12.1. The van der Waals surface area contributed by atoms with E-state index in [0.717, 1.165) is 11.4 Å². The van der Waals surface area contributed by atoms with Crippen LogP contribution in [0, 0.1) is 12.8 Å². The molecule has 1 saturated carbocycles. The molecule has 1 aliphatic carbocycles. The first-order chi connectivity index (χ1) is 12.6. The quantitative estimate of drug-likeness (QED) is 0.698. The van der Waals surface area contributed by atoms with Crippen LogP contribution in [0.15, 0.2) is 29.1 Å². The lowest BCUT2D eigenvalue weighted by Crippen LogP contribution is -2.25. The van der Waals surface area contributed by atoms with E-state index in [0.29, 0.717) is 29.8 Å². The van der Waals surface area contributed by atoms with Gasteiger partial charge in [-0.15, -0.1) is 0 Å². The largest absolute Gasteiger partial charge is 0.440 e. The normalized spacial score (nSPS) is 13.6. The van der Waals surface area contributed by atoms with Gasteiger partial charge in [0.1, 0.15) is 23.5 Å². The smallest absolute Gasteiger partial charge is 0.307 e. The third kappa shape index (κ3) is 3.41. The number of hydrogen-bond acceptors (Lipinski definition) is 7. The highest BCUT2D eigenvalue weighted by molar-refractivity contribution is 5.90. The fourth-order valence-corrected chi connectivity index (χ4v) is 2.49. The summed E-state index contributed by atoms with van der Waals surface area (Å²) in [5.74, 6) is 1.51. The number of carbonyl (C=O) groups is 1. The molecule has 1 fully saturated rings. The Bertz CT molecular complexity index is 942. The van der Waals surface area contributed by atoms with Gasteiger partial charge in [0.2, 0.25) is 5.95 Å². The molecule has 0 aromatic carbocycles. The number of anilines is 2. The number of amides is 1. The van der Waals surface area contributed by atoms with E-state index >= 15 is 0 Å². The van der Waals surface area contributed by atoms with Crippen LogP contribution in [-0.2, 0) is 7.05 Å². The Morgan fingerprint density at radius 1 is 1.38 bits per heavy atom. The van der Waals surface area contributed by atoms with Crippen LogP contribution in [-0.4, -0.2) is 37.2 Å². The molecule has 0 unspecified atom stereocenters. The number of oxazole rings is 1. The van der Waals surface area contributed by atoms with E-state index in [-0.39, 0.29) is 11.8 Å². The standard InChI is InChI=1S/C17H19N7O2/c1-10-7-19-17(22-13-5-6-20-24(13)2)23-14(10)12-9-26-16(21-12)15(25)18-8-11-3-4-11/h5-7,9,11H,3-4,8H2,1-2H3,(H,18,25)(H,19,22,23). The molecule has 0 saturated heterocycles. The zero-order valence-corrected chi connectivity index (χ0v) is 14.6. The molecule has 1 aliphatic rings. The van der Waals surface area contributed by atoms with Crippen molar-refractivity contribution in [3.05, 3.63) is 36.2 Å². The lowest BCUT2D eigenvalue weighted by molar-refractivity contribution is 0.0917. The highest BCUT2D eigenvalue weighted by Crippen LogP contribution is 2.27. The molecular formula is C17H19N7O2. The molecule has 0 aliphatic heterocycles. The van der Waals surface area contributed by atoms with Crippen molar-refractivity contribution in [2.75, 3.05) is 11.9 Å². The van der Waals surface area contributed by atoms with Crippen LogP contribution in [0.2, 0.25) is 0 Å². The summed E-state index contributed by atoms with van der Waals surface area (Å²) in [6.07, 6.45) is 7.16. The van der Waals surface area contributed by atoms with E-state index in [9.17, 15) is 4.79 Å². The minimum Gasteiger partial charge on any atom is -0.440 e. The van der Waals surface area contributed by atoms with E-state index in [1.54, 1.807) is 17.1 Å². The van der Waals surface area contributed by atoms with Crippen molar-refractivity contribution in [2.45, 2.75) is 19.8 Å². The molecule has 3 aromatic heterocycles. The molecular weight excluding hydrogens is 334 g/mol. The Morgan fingerprint density at radius 2 is 2.23 bits per heavy atom. The van der Waals surface area contributed by atoms with Crippen LogP contribution >= 0.6 is 0 Å². The Morgan fingerprint density at radius 3 is 2.96 bits per heavy atom. The molecule has 3 aromatic rings. The van der Waals surface area contributed by atoms with Crippen LogP contribution < -0.4 is 10.6 Å². The average molecular weight is 353 g/mol. The summed E-state index contributed by atoms with van der Waals surface area (Å²) in [5, 5.41) is 10.0.